The van der Waals surface area contributed by atoms with Crippen molar-refractivity contribution in [2.45, 2.75) is 95.2 Å². The normalized spacial score (nSPS) is 26.5. The summed E-state index contributed by atoms with van der Waals surface area (Å²) in [7, 11) is 0. The van der Waals surface area contributed by atoms with E-state index in [1.807, 2.05) is 43.9 Å². The van der Waals surface area contributed by atoms with Gasteiger partial charge in [0.2, 0.25) is 5.88 Å². The van der Waals surface area contributed by atoms with Crippen LogP contribution in [-0.4, -0.2) is 94.7 Å². The van der Waals surface area contributed by atoms with Gasteiger partial charge in [0, 0.05) is 67.4 Å². The molecule has 4 saturated heterocycles. The number of fused-ring (bicyclic) bond motifs is 5. The monoisotopic (exact) mass is 668 g/mol. The summed E-state index contributed by atoms with van der Waals surface area (Å²) in [5.41, 5.74) is 2.28. The number of anilines is 2. The Morgan fingerprint density at radius 1 is 1.10 bits per heavy atom. The number of rotatable bonds is 5. The van der Waals surface area contributed by atoms with Crippen LogP contribution in [0.3, 0.4) is 0 Å². The number of aromatic hydroxyl groups is 1. The summed E-state index contributed by atoms with van der Waals surface area (Å²) in [5.74, 6) is 1.30. The van der Waals surface area contributed by atoms with Crippen LogP contribution in [0, 0.1) is 11.3 Å². The molecule has 6 heterocycles. The van der Waals surface area contributed by atoms with Gasteiger partial charge in [-0.05, 0) is 70.9 Å². The van der Waals surface area contributed by atoms with E-state index in [-0.39, 0.29) is 36.1 Å². The molecule has 49 heavy (non-hydrogen) atoms. The molecule has 3 aromatic rings. The summed E-state index contributed by atoms with van der Waals surface area (Å²) < 4.78 is 27.0. The van der Waals surface area contributed by atoms with Gasteiger partial charge in [-0.2, -0.15) is 10.2 Å². The van der Waals surface area contributed by atoms with Gasteiger partial charge >= 0.3 is 6.09 Å². The second-order valence-electron chi connectivity index (χ2n) is 15.6. The van der Waals surface area contributed by atoms with Gasteiger partial charge in [0.25, 0.3) is 0 Å². The first-order chi connectivity index (χ1) is 23.5. The maximum absolute atomic E-state index is 14.7. The molecule has 1 N–H and O–H groups in total. The number of hydrogen-bond acceptors (Lipinski definition) is 9. The molecular weight excluding hydrogens is 623 g/mol. The number of carbonyl (C=O) groups excluding carboxylic acids is 1. The van der Waals surface area contributed by atoms with Crippen LogP contribution in [0.1, 0.15) is 69.6 Å². The van der Waals surface area contributed by atoms with Gasteiger partial charge in [-0.15, -0.1) is 0 Å². The maximum atomic E-state index is 14.7. The fourth-order valence-corrected chi connectivity index (χ4v) is 9.15. The van der Waals surface area contributed by atoms with Crippen molar-refractivity contribution in [3.8, 4) is 17.7 Å². The molecule has 4 fully saturated rings. The number of piperazine rings is 1. The van der Waals surface area contributed by atoms with E-state index in [2.05, 4.69) is 26.8 Å². The van der Waals surface area contributed by atoms with Crippen molar-refractivity contribution in [3.05, 3.63) is 53.1 Å². The molecule has 0 radical (unpaired) electrons. The largest absolute Gasteiger partial charge is 0.508 e. The number of hydrogen-bond donors (Lipinski definition) is 1. The lowest BCUT2D eigenvalue weighted by molar-refractivity contribution is 0.0122. The van der Waals surface area contributed by atoms with Crippen LogP contribution in [0.25, 0.3) is 10.8 Å². The third-order valence-electron chi connectivity index (χ3n) is 11.2. The lowest BCUT2D eigenvalue weighted by atomic mass is 9.93. The number of phenolic OH excluding ortho intramolecular Hbond substituents is 1. The number of benzene rings is 2. The number of halogens is 1. The van der Waals surface area contributed by atoms with E-state index in [0.717, 1.165) is 65.6 Å². The van der Waals surface area contributed by atoms with Gasteiger partial charge in [0.1, 0.15) is 41.6 Å². The molecule has 5 aliphatic rings. The topological polar surface area (TPSA) is 105 Å². The minimum absolute atomic E-state index is 0.00396. The first kappa shape index (κ1) is 31.9. The molecule has 3 unspecified atom stereocenters. The van der Waals surface area contributed by atoms with E-state index in [1.165, 1.54) is 0 Å². The van der Waals surface area contributed by atoms with Gasteiger partial charge in [-0.1, -0.05) is 24.3 Å². The number of pyridine rings is 1. The van der Waals surface area contributed by atoms with Crippen molar-refractivity contribution in [1.29, 1.82) is 5.26 Å². The van der Waals surface area contributed by atoms with E-state index in [4.69, 9.17) is 14.5 Å². The van der Waals surface area contributed by atoms with Gasteiger partial charge < -0.3 is 24.4 Å². The number of amides is 1. The molecule has 0 spiro atoms. The number of alkyl halides is 1. The molecule has 0 saturated carbocycles. The van der Waals surface area contributed by atoms with Crippen LogP contribution in [0.5, 0.6) is 11.6 Å². The van der Waals surface area contributed by atoms with Crippen molar-refractivity contribution in [2.75, 3.05) is 49.1 Å². The van der Waals surface area contributed by atoms with Crippen LogP contribution in [0.15, 0.2) is 36.4 Å². The van der Waals surface area contributed by atoms with Crippen LogP contribution >= 0.6 is 0 Å². The quantitative estimate of drug-likeness (QED) is 0.355. The first-order valence-electron chi connectivity index (χ1n) is 17.7. The zero-order chi connectivity index (χ0) is 34.1. The van der Waals surface area contributed by atoms with Crippen molar-refractivity contribution in [1.82, 2.24) is 14.8 Å². The second-order valence-corrected chi connectivity index (χ2v) is 15.6. The minimum atomic E-state index is -0.881. The molecule has 11 heteroatoms. The summed E-state index contributed by atoms with van der Waals surface area (Å²) in [4.78, 5) is 27.0. The molecule has 2 bridgehead atoms. The van der Waals surface area contributed by atoms with Crippen molar-refractivity contribution in [3.63, 3.8) is 0 Å². The summed E-state index contributed by atoms with van der Waals surface area (Å²) in [6.07, 6.45) is 3.58. The van der Waals surface area contributed by atoms with Crippen LogP contribution in [0.4, 0.5) is 20.7 Å². The van der Waals surface area contributed by atoms with Gasteiger partial charge in [0.05, 0.1) is 17.6 Å². The maximum Gasteiger partial charge on any atom is 0.410 e. The lowest BCUT2D eigenvalue weighted by Crippen LogP contribution is -2.57. The highest BCUT2D eigenvalue weighted by atomic mass is 19.1. The number of ether oxygens (including phenoxy) is 2. The van der Waals surface area contributed by atoms with Crippen LogP contribution in [0.2, 0.25) is 0 Å². The zero-order valence-corrected chi connectivity index (χ0v) is 28.6. The second kappa shape index (κ2) is 11.9. The van der Waals surface area contributed by atoms with Crippen molar-refractivity contribution >= 4 is 28.4 Å². The van der Waals surface area contributed by atoms with E-state index in [1.54, 1.807) is 12.1 Å². The minimum Gasteiger partial charge on any atom is -0.508 e. The SMILES string of the molecule is CC(C)(C)OC(=O)N1C2CCC1CN(c1nc(OCC34CCCN3C[C@H](F)C4)c(C#N)c3c1CCN(c1cc(O)cc4ccccc14)C3)C2. The first-order valence-corrected chi connectivity index (χ1v) is 17.7. The number of nitriles is 1. The highest BCUT2D eigenvalue weighted by Crippen LogP contribution is 2.44. The smallest absolute Gasteiger partial charge is 0.410 e. The Balaban J connectivity index is 1.16. The average Bonchev–Trinajstić information content (AvgIpc) is 3.68. The number of nitrogens with zero attached hydrogens (tertiary/aromatic N) is 6. The number of carbonyl (C=O) groups is 1. The molecule has 5 aliphatic heterocycles. The fourth-order valence-electron chi connectivity index (χ4n) is 9.15. The molecule has 0 aliphatic carbocycles. The van der Waals surface area contributed by atoms with Gasteiger partial charge in [-0.3, -0.25) is 9.80 Å². The van der Waals surface area contributed by atoms with Crippen LogP contribution in [-0.2, 0) is 17.7 Å². The Kier molecular flexibility index (Phi) is 7.78. The summed E-state index contributed by atoms with van der Waals surface area (Å²) in [5, 5.41) is 23.3. The third-order valence-corrected chi connectivity index (χ3v) is 11.2. The van der Waals surface area contributed by atoms with E-state index in [9.17, 15) is 19.6 Å². The van der Waals surface area contributed by atoms with Crippen molar-refractivity contribution in [2.24, 2.45) is 0 Å². The van der Waals surface area contributed by atoms with Crippen LogP contribution < -0.4 is 14.5 Å². The highest BCUT2D eigenvalue weighted by Gasteiger charge is 2.50. The van der Waals surface area contributed by atoms with Gasteiger partial charge in [-0.25, -0.2) is 9.18 Å². The Bertz CT molecular complexity index is 1830. The Morgan fingerprint density at radius 2 is 1.88 bits per heavy atom. The molecular formula is C38H45FN6O4. The summed E-state index contributed by atoms with van der Waals surface area (Å²) in [6, 6.07) is 14.0. The Morgan fingerprint density at radius 3 is 2.63 bits per heavy atom. The number of aromatic nitrogens is 1. The highest BCUT2D eigenvalue weighted by molar-refractivity contribution is 5.95. The zero-order valence-electron chi connectivity index (χ0n) is 28.6. The molecule has 4 atom stereocenters. The Labute approximate surface area is 287 Å². The molecule has 1 amide bonds. The summed E-state index contributed by atoms with van der Waals surface area (Å²) >= 11 is 0. The molecule has 1 aromatic heterocycles. The average molecular weight is 669 g/mol. The standard InChI is InChI=1S/C38H45FN6O4/c1-37(2,3)49-36(47)45-26-9-10-27(45)21-43(20-26)34-30-11-14-42(33-16-28(46)15-24-7-4-5-8-29(24)33)22-32(30)31(18-40)35(41-34)48-23-38-12-6-13-44(38)19-25(39)17-38/h4-5,7-8,15-16,25-27,46H,6,9-14,17,19-23H2,1-3H3/t25-,26?,27?,38?/m1/s1. The Hall–Kier alpha value is -4.30. The third kappa shape index (κ3) is 5.68. The lowest BCUT2D eigenvalue weighted by Gasteiger charge is -2.43. The molecule has 8 rings (SSSR count). The van der Waals surface area contributed by atoms with E-state index < -0.39 is 11.8 Å². The fraction of sp³-hybridized carbons (Fsp3) is 0.553. The van der Waals surface area contributed by atoms with E-state index in [0.29, 0.717) is 57.0 Å². The van der Waals surface area contributed by atoms with Gasteiger partial charge in [0.15, 0.2) is 0 Å². The molecule has 10 nitrogen and oxygen atoms in total. The molecule has 258 valence electrons. The van der Waals surface area contributed by atoms with Crippen molar-refractivity contribution < 1.29 is 23.8 Å². The van der Waals surface area contributed by atoms with E-state index >= 15 is 0 Å². The summed E-state index contributed by atoms with van der Waals surface area (Å²) in [6.45, 7) is 9.60. The molecule has 2 aromatic carbocycles. The predicted octanol–water partition coefficient (Wildman–Crippen LogP) is 5.92. The number of phenols is 1. The predicted molar refractivity (Wildman–Crippen MR) is 185 cm³/mol.